The first-order valence-corrected chi connectivity index (χ1v) is 8.11. The Hall–Kier alpha value is -3.35. The molecule has 0 spiro atoms. The molecular weight excluding hydrogens is 333 g/mol. The first-order valence-electron chi connectivity index (χ1n) is 8.11. The van der Waals surface area contributed by atoms with Crippen LogP contribution in [0.25, 0.3) is 22.3 Å². The minimum absolute atomic E-state index is 0.175. The number of hydrogen-bond donors (Lipinski definition) is 0. The van der Waals surface area contributed by atoms with Crippen LogP contribution in [0.3, 0.4) is 0 Å². The number of aromatic nitrogens is 5. The normalized spacial score (nSPS) is 11.2. The van der Waals surface area contributed by atoms with Gasteiger partial charge in [0.25, 0.3) is 0 Å². The van der Waals surface area contributed by atoms with E-state index in [1.807, 2.05) is 6.07 Å². The largest absolute Gasteiger partial charge is 0.330 e. The van der Waals surface area contributed by atoms with Gasteiger partial charge < -0.3 is 0 Å². The molecule has 6 nitrogen and oxygen atoms in total. The summed E-state index contributed by atoms with van der Waals surface area (Å²) >= 11 is 0. The van der Waals surface area contributed by atoms with E-state index in [1.165, 1.54) is 10.6 Å². The SMILES string of the molecule is Cc1cc(-c2cnc3c(c2)n(Cc2cnccn2)c(=O)n3C)ccc1F. The number of pyridine rings is 1. The van der Waals surface area contributed by atoms with Gasteiger partial charge >= 0.3 is 5.69 Å². The average Bonchev–Trinajstić information content (AvgIpc) is 2.89. The topological polar surface area (TPSA) is 65.6 Å². The Labute approximate surface area is 148 Å². The van der Waals surface area contributed by atoms with E-state index in [9.17, 15) is 9.18 Å². The monoisotopic (exact) mass is 349 g/mol. The number of imidazole rings is 1. The molecular formula is C19H16FN5O. The molecule has 0 aliphatic carbocycles. The Morgan fingerprint density at radius 3 is 2.65 bits per heavy atom. The minimum atomic E-state index is -0.248. The van der Waals surface area contributed by atoms with Gasteiger partial charge in [0.15, 0.2) is 5.65 Å². The molecule has 0 saturated carbocycles. The minimum Gasteiger partial charge on any atom is -0.284 e. The van der Waals surface area contributed by atoms with E-state index in [4.69, 9.17) is 0 Å². The van der Waals surface area contributed by atoms with Crippen LogP contribution in [0.2, 0.25) is 0 Å². The molecule has 4 aromatic rings. The van der Waals surface area contributed by atoms with Gasteiger partial charge in [-0.3, -0.25) is 19.1 Å². The highest BCUT2D eigenvalue weighted by atomic mass is 19.1. The molecule has 4 rings (SSSR count). The molecule has 130 valence electrons. The molecule has 0 aliphatic rings. The Kier molecular flexibility index (Phi) is 3.84. The van der Waals surface area contributed by atoms with Gasteiger partial charge in [0.2, 0.25) is 0 Å². The Morgan fingerprint density at radius 2 is 1.92 bits per heavy atom. The lowest BCUT2D eigenvalue weighted by molar-refractivity contribution is 0.619. The maximum Gasteiger partial charge on any atom is 0.330 e. The zero-order valence-corrected chi connectivity index (χ0v) is 14.3. The second kappa shape index (κ2) is 6.18. The second-order valence-corrected chi connectivity index (χ2v) is 6.16. The van der Waals surface area contributed by atoms with Gasteiger partial charge in [-0.05, 0) is 36.2 Å². The Balaban J connectivity index is 1.88. The zero-order chi connectivity index (χ0) is 18.3. The molecule has 0 N–H and O–H groups in total. The van der Waals surface area contributed by atoms with Crippen LogP contribution in [0, 0.1) is 12.7 Å². The molecule has 0 bridgehead atoms. The summed E-state index contributed by atoms with van der Waals surface area (Å²) in [5, 5.41) is 0. The van der Waals surface area contributed by atoms with E-state index in [1.54, 1.807) is 55.5 Å². The van der Waals surface area contributed by atoms with Crippen molar-refractivity contribution in [1.82, 2.24) is 24.1 Å². The molecule has 3 heterocycles. The number of rotatable bonds is 3. The van der Waals surface area contributed by atoms with Crippen LogP contribution in [-0.2, 0) is 13.6 Å². The summed E-state index contributed by atoms with van der Waals surface area (Å²) in [5.41, 5.74) is 4.02. The number of aryl methyl sites for hydroxylation is 2. The lowest BCUT2D eigenvalue weighted by Gasteiger charge is -2.06. The van der Waals surface area contributed by atoms with Crippen LogP contribution in [0.15, 0.2) is 53.8 Å². The first kappa shape index (κ1) is 16.1. The molecule has 26 heavy (non-hydrogen) atoms. The summed E-state index contributed by atoms with van der Waals surface area (Å²) in [6, 6.07) is 6.81. The second-order valence-electron chi connectivity index (χ2n) is 6.16. The Morgan fingerprint density at radius 1 is 1.08 bits per heavy atom. The molecule has 0 unspecified atom stereocenters. The third-order valence-electron chi connectivity index (χ3n) is 4.40. The lowest BCUT2D eigenvalue weighted by atomic mass is 10.0. The van der Waals surface area contributed by atoms with Crippen molar-refractivity contribution in [3.63, 3.8) is 0 Å². The first-order chi connectivity index (χ1) is 12.5. The van der Waals surface area contributed by atoms with Crippen molar-refractivity contribution < 1.29 is 4.39 Å². The molecule has 0 atom stereocenters. The van der Waals surface area contributed by atoms with E-state index in [0.717, 1.165) is 11.1 Å². The fourth-order valence-corrected chi connectivity index (χ4v) is 2.99. The van der Waals surface area contributed by atoms with Gasteiger partial charge in [-0.1, -0.05) is 6.07 Å². The summed E-state index contributed by atoms with van der Waals surface area (Å²) < 4.78 is 16.7. The van der Waals surface area contributed by atoms with E-state index < -0.39 is 0 Å². The number of nitrogens with zero attached hydrogens (tertiary/aromatic N) is 5. The maximum absolute atomic E-state index is 13.6. The van der Waals surface area contributed by atoms with Gasteiger partial charge in [-0.2, -0.15) is 0 Å². The van der Waals surface area contributed by atoms with Gasteiger partial charge in [-0.25, -0.2) is 14.2 Å². The molecule has 0 aliphatic heterocycles. The highest BCUT2D eigenvalue weighted by Gasteiger charge is 2.14. The number of hydrogen-bond acceptors (Lipinski definition) is 4. The van der Waals surface area contributed by atoms with Gasteiger partial charge in [0.1, 0.15) is 5.82 Å². The number of halogens is 1. The van der Waals surface area contributed by atoms with Crippen molar-refractivity contribution in [2.45, 2.75) is 13.5 Å². The Bertz CT molecular complexity index is 1160. The standard InChI is InChI=1S/C19H16FN5O/c1-12-7-13(3-4-16(12)20)14-8-17-18(23-9-14)24(2)19(26)25(17)11-15-10-21-5-6-22-15/h3-10H,11H2,1-2H3. The van der Waals surface area contributed by atoms with E-state index >= 15 is 0 Å². The van der Waals surface area contributed by atoms with E-state index in [0.29, 0.717) is 29.0 Å². The molecule has 0 saturated heterocycles. The quantitative estimate of drug-likeness (QED) is 0.570. The van der Waals surface area contributed by atoms with Crippen molar-refractivity contribution in [2.24, 2.45) is 7.05 Å². The van der Waals surface area contributed by atoms with Crippen LogP contribution in [-0.4, -0.2) is 24.1 Å². The molecule has 0 amide bonds. The highest BCUT2D eigenvalue weighted by Crippen LogP contribution is 2.24. The fraction of sp³-hybridized carbons (Fsp3) is 0.158. The molecule has 7 heteroatoms. The van der Waals surface area contributed by atoms with Gasteiger partial charge in [0.05, 0.1) is 24.0 Å². The molecule has 0 fully saturated rings. The molecule has 3 aromatic heterocycles. The van der Waals surface area contributed by atoms with Crippen molar-refractivity contribution >= 4 is 11.2 Å². The van der Waals surface area contributed by atoms with Crippen LogP contribution in [0.4, 0.5) is 4.39 Å². The van der Waals surface area contributed by atoms with E-state index in [-0.39, 0.29) is 11.5 Å². The lowest BCUT2D eigenvalue weighted by Crippen LogP contribution is -2.23. The fourth-order valence-electron chi connectivity index (χ4n) is 2.99. The predicted octanol–water partition coefficient (Wildman–Crippen LogP) is 2.69. The average molecular weight is 349 g/mol. The molecule has 1 aromatic carbocycles. The maximum atomic E-state index is 13.6. The third kappa shape index (κ3) is 2.67. The summed E-state index contributed by atoms with van der Waals surface area (Å²) in [6.45, 7) is 2.02. The van der Waals surface area contributed by atoms with Crippen molar-refractivity contribution in [3.05, 3.63) is 76.6 Å². The van der Waals surface area contributed by atoms with Crippen LogP contribution >= 0.6 is 0 Å². The summed E-state index contributed by atoms with van der Waals surface area (Å²) in [7, 11) is 1.69. The highest BCUT2D eigenvalue weighted by molar-refractivity contribution is 5.79. The van der Waals surface area contributed by atoms with Gasteiger partial charge in [-0.15, -0.1) is 0 Å². The van der Waals surface area contributed by atoms with Crippen LogP contribution in [0.5, 0.6) is 0 Å². The predicted molar refractivity (Wildman–Crippen MR) is 96.2 cm³/mol. The van der Waals surface area contributed by atoms with Crippen molar-refractivity contribution in [3.8, 4) is 11.1 Å². The summed E-state index contributed by atoms with van der Waals surface area (Å²) in [5.74, 6) is -0.248. The number of benzene rings is 1. The van der Waals surface area contributed by atoms with Crippen molar-refractivity contribution in [2.75, 3.05) is 0 Å². The summed E-state index contributed by atoms with van der Waals surface area (Å²) in [6.07, 6.45) is 6.51. The van der Waals surface area contributed by atoms with Crippen LogP contribution < -0.4 is 5.69 Å². The third-order valence-corrected chi connectivity index (χ3v) is 4.40. The number of fused-ring (bicyclic) bond motifs is 1. The smallest absolute Gasteiger partial charge is 0.284 e. The van der Waals surface area contributed by atoms with Crippen LogP contribution in [0.1, 0.15) is 11.3 Å². The summed E-state index contributed by atoms with van der Waals surface area (Å²) in [4.78, 5) is 25.4. The van der Waals surface area contributed by atoms with Gasteiger partial charge in [0, 0.05) is 31.2 Å². The van der Waals surface area contributed by atoms with Crippen molar-refractivity contribution in [1.29, 1.82) is 0 Å². The zero-order valence-electron chi connectivity index (χ0n) is 14.3. The molecule has 0 radical (unpaired) electrons. The van der Waals surface area contributed by atoms with E-state index in [2.05, 4.69) is 15.0 Å².